The van der Waals surface area contributed by atoms with Crippen LogP contribution in [0, 0.1) is 13.8 Å². The van der Waals surface area contributed by atoms with Crippen molar-refractivity contribution in [2.45, 2.75) is 18.7 Å². The molecular weight excluding hydrogens is 370 g/mol. The average Bonchev–Trinajstić information content (AvgIpc) is 2.59. The lowest BCUT2D eigenvalue weighted by Crippen LogP contribution is -2.13. The fourth-order valence-electron chi connectivity index (χ4n) is 2.40. The van der Waals surface area contributed by atoms with Gasteiger partial charge >= 0.3 is 0 Å². The van der Waals surface area contributed by atoms with Crippen LogP contribution in [-0.2, 0) is 10.0 Å². The summed E-state index contributed by atoms with van der Waals surface area (Å²) in [5.74, 6) is 0.626. The Morgan fingerprint density at radius 1 is 0.962 bits per heavy atom. The van der Waals surface area contributed by atoms with Crippen LogP contribution in [0.5, 0.6) is 0 Å². The fraction of sp³-hybridized carbons (Fsp3) is 0.105. The van der Waals surface area contributed by atoms with E-state index in [9.17, 15) is 8.42 Å². The molecule has 0 bridgehead atoms. The number of pyridine rings is 1. The highest BCUT2D eigenvalue weighted by atomic mass is 35.5. The number of nitrogens with one attached hydrogen (secondary N) is 2. The molecule has 0 fully saturated rings. The molecule has 1 aromatic heterocycles. The Balaban J connectivity index is 1.75. The van der Waals surface area contributed by atoms with Crippen LogP contribution in [0.25, 0.3) is 0 Å². The molecule has 0 saturated carbocycles. The zero-order valence-corrected chi connectivity index (χ0v) is 15.9. The van der Waals surface area contributed by atoms with E-state index >= 15 is 0 Å². The molecule has 0 aliphatic carbocycles. The van der Waals surface area contributed by atoms with Gasteiger partial charge in [-0.15, -0.1) is 0 Å². The van der Waals surface area contributed by atoms with Crippen LogP contribution in [0.1, 0.15) is 11.1 Å². The number of rotatable bonds is 5. The van der Waals surface area contributed by atoms with E-state index in [2.05, 4.69) is 15.0 Å². The largest absolute Gasteiger partial charge is 0.340 e. The third kappa shape index (κ3) is 4.33. The second-order valence-electron chi connectivity index (χ2n) is 5.94. The first-order valence-electron chi connectivity index (χ1n) is 7.92. The molecule has 0 spiro atoms. The van der Waals surface area contributed by atoms with Crippen LogP contribution >= 0.6 is 11.6 Å². The summed E-state index contributed by atoms with van der Waals surface area (Å²) in [6, 6.07) is 15.8. The molecule has 0 saturated heterocycles. The Kier molecular flexibility index (Phi) is 5.15. The number of nitrogens with zero attached hydrogens (tertiary/aromatic N) is 1. The zero-order valence-electron chi connectivity index (χ0n) is 14.3. The van der Waals surface area contributed by atoms with Gasteiger partial charge in [-0.05, 0) is 67.4 Å². The Hall–Kier alpha value is -2.57. The highest BCUT2D eigenvalue weighted by Crippen LogP contribution is 2.22. The van der Waals surface area contributed by atoms with Gasteiger partial charge in [-0.3, -0.25) is 4.72 Å². The standard InChI is InChI=1S/C19H18ClN3O2S/c1-13-4-3-5-15(10-13)22-19-9-6-16(12-21-19)23-26(24,25)17-7-8-18(20)14(2)11-17/h3-12,23H,1-2H3,(H,21,22). The van der Waals surface area contributed by atoms with Gasteiger partial charge in [-0.2, -0.15) is 0 Å². The lowest BCUT2D eigenvalue weighted by molar-refractivity contribution is 0.601. The molecule has 0 aliphatic rings. The summed E-state index contributed by atoms with van der Waals surface area (Å²) in [6.07, 6.45) is 1.47. The number of aromatic nitrogens is 1. The summed E-state index contributed by atoms with van der Waals surface area (Å²) in [5, 5.41) is 3.70. The molecule has 5 nitrogen and oxygen atoms in total. The molecule has 26 heavy (non-hydrogen) atoms. The van der Waals surface area contributed by atoms with Crippen molar-refractivity contribution in [3.63, 3.8) is 0 Å². The second kappa shape index (κ2) is 7.35. The average molecular weight is 388 g/mol. The predicted molar refractivity (Wildman–Crippen MR) is 106 cm³/mol. The van der Waals surface area contributed by atoms with Gasteiger partial charge in [0.1, 0.15) is 5.82 Å². The maximum absolute atomic E-state index is 12.5. The highest BCUT2D eigenvalue weighted by molar-refractivity contribution is 7.92. The van der Waals surface area contributed by atoms with Gasteiger partial charge in [-0.1, -0.05) is 23.7 Å². The topological polar surface area (TPSA) is 71.1 Å². The van der Waals surface area contributed by atoms with Crippen LogP contribution < -0.4 is 10.0 Å². The number of anilines is 3. The van der Waals surface area contributed by atoms with E-state index in [4.69, 9.17) is 11.6 Å². The van der Waals surface area contributed by atoms with Gasteiger partial charge in [0.15, 0.2) is 0 Å². The normalized spacial score (nSPS) is 11.2. The van der Waals surface area contributed by atoms with E-state index in [0.717, 1.165) is 11.3 Å². The Labute approximate surface area is 158 Å². The number of aryl methyl sites for hydroxylation is 2. The van der Waals surface area contributed by atoms with Crippen molar-refractivity contribution >= 4 is 38.8 Å². The molecule has 3 rings (SSSR count). The van der Waals surface area contributed by atoms with Crippen molar-refractivity contribution in [3.8, 4) is 0 Å². The van der Waals surface area contributed by atoms with Gasteiger partial charge in [0, 0.05) is 10.7 Å². The molecule has 2 N–H and O–H groups in total. The van der Waals surface area contributed by atoms with Crippen molar-refractivity contribution < 1.29 is 8.42 Å². The van der Waals surface area contributed by atoms with Crippen molar-refractivity contribution in [2.24, 2.45) is 0 Å². The van der Waals surface area contributed by atoms with Gasteiger partial charge in [0.25, 0.3) is 10.0 Å². The Morgan fingerprint density at radius 3 is 2.42 bits per heavy atom. The minimum Gasteiger partial charge on any atom is -0.340 e. The van der Waals surface area contributed by atoms with Gasteiger partial charge in [0.2, 0.25) is 0 Å². The number of hydrogen-bond acceptors (Lipinski definition) is 4. The molecule has 134 valence electrons. The first kappa shape index (κ1) is 18.2. The molecule has 2 aromatic carbocycles. The smallest absolute Gasteiger partial charge is 0.261 e. The first-order chi connectivity index (χ1) is 12.3. The highest BCUT2D eigenvalue weighted by Gasteiger charge is 2.15. The number of sulfonamides is 1. The summed E-state index contributed by atoms with van der Waals surface area (Å²) in [7, 11) is -3.70. The van der Waals surface area contributed by atoms with Crippen molar-refractivity contribution in [2.75, 3.05) is 10.0 Å². The summed E-state index contributed by atoms with van der Waals surface area (Å²) < 4.78 is 27.5. The second-order valence-corrected chi connectivity index (χ2v) is 8.03. The van der Waals surface area contributed by atoms with E-state index in [1.807, 2.05) is 31.2 Å². The summed E-state index contributed by atoms with van der Waals surface area (Å²) in [6.45, 7) is 3.77. The maximum Gasteiger partial charge on any atom is 0.261 e. The van der Waals surface area contributed by atoms with Crippen molar-refractivity contribution in [3.05, 3.63) is 76.9 Å². The number of halogens is 1. The van der Waals surface area contributed by atoms with Crippen LogP contribution in [0.3, 0.4) is 0 Å². The van der Waals surface area contributed by atoms with Crippen molar-refractivity contribution in [1.29, 1.82) is 0 Å². The SMILES string of the molecule is Cc1cccc(Nc2ccc(NS(=O)(=O)c3ccc(Cl)c(C)c3)cn2)c1. The van der Waals surface area contributed by atoms with E-state index in [0.29, 0.717) is 22.1 Å². The maximum atomic E-state index is 12.5. The Bertz CT molecular complexity index is 1030. The van der Waals surface area contributed by atoms with Crippen LogP contribution in [0.15, 0.2) is 65.7 Å². The molecule has 0 aliphatic heterocycles. The molecule has 7 heteroatoms. The number of hydrogen-bond donors (Lipinski definition) is 2. The van der Waals surface area contributed by atoms with Gasteiger partial charge in [0.05, 0.1) is 16.8 Å². The molecule has 0 radical (unpaired) electrons. The minimum absolute atomic E-state index is 0.154. The third-order valence-electron chi connectivity index (χ3n) is 3.75. The van der Waals surface area contributed by atoms with E-state index in [1.54, 1.807) is 25.1 Å². The summed E-state index contributed by atoms with van der Waals surface area (Å²) in [4.78, 5) is 4.41. The van der Waals surface area contributed by atoms with E-state index in [1.165, 1.54) is 18.3 Å². The predicted octanol–water partition coefficient (Wildman–Crippen LogP) is 4.90. The fourth-order valence-corrected chi connectivity index (χ4v) is 3.64. The molecule has 0 atom stereocenters. The molecular formula is C19H18ClN3O2S. The van der Waals surface area contributed by atoms with Crippen LogP contribution in [0.4, 0.5) is 17.2 Å². The first-order valence-corrected chi connectivity index (χ1v) is 9.78. The quantitative estimate of drug-likeness (QED) is 0.653. The van der Waals surface area contributed by atoms with Crippen LogP contribution in [0.2, 0.25) is 5.02 Å². The molecule has 1 heterocycles. The summed E-state index contributed by atoms with van der Waals surface area (Å²) in [5.41, 5.74) is 3.14. The van der Waals surface area contributed by atoms with Crippen LogP contribution in [-0.4, -0.2) is 13.4 Å². The lowest BCUT2D eigenvalue weighted by atomic mass is 10.2. The van der Waals surface area contributed by atoms with Gasteiger partial charge < -0.3 is 5.32 Å². The summed E-state index contributed by atoms with van der Waals surface area (Å²) >= 11 is 5.95. The monoisotopic (exact) mass is 387 g/mol. The minimum atomic E-state index is -3.70. The third-order valence-corrected chi connectivity index (χ3v) is 5.55. The number of benzene rings is 2. The van der Waals surface area contributed by atoms with Crippen molar-refractivity contribution in [1.82, 2.24) is 4.98 Å². The zero-order chi connectivity index (χ0) is 18.7. The van der Waals surface area contributed by atoms with E-state index in [-0.39, 0.29) is 4.90 Å². The Morgan fingerprint density at radius 2 is 1.77 bits per heavy atom. The molecule has 0 unspecified atom stereocenters. The van der Waals surface area contributed by atoms with Gasteiger partial charge in [-0.25, -0.2) is 13.4 Å². The molecule has 3 aromatic rings. The lowest BCUT2D eigenvalue weighted by Gasteiger charge is -2.10. The molecule has 0 amide bonds. The van der Waals surface area contributed by atoms with E-state index < -0.39 is 10.0 Å².